The number of likely N-dealkylation sites (tertiary alicyclic amines) is 1. The molecule has 1 N–H and O–H groups in total. The molecule has 56 valence electrons. The van der Waals surface area contributed by atoms with E-state index in [0.717, 1.165) is 6.29 Å². The second-order valence-corrected chi connectivity index (χ2v) is 2.48. The Morgan fingerprint density at radius 1 is 1.80 bits per heavy atom. The van der Waals surface area contributed by atoms with Gasteiger partial charge in [0.1, 0.15) is 6.29 Å². The zero-order chi connectivity index (χ0) is 7.72. The van der Waals surface area contributed by atoms with Crippen LogP contribution in [-0.4, -0.2) is 35.0 Å². The lowest BCUT2D eigenvalue weighted by atomic mass is 9.92. The smallest absolute Gasteiger partial charge is 0.407 e. The molecule has 0 aromatic heterocycles. The van der Waals surface area contributed by atoms with Crippen molar-refractivity contribution < 1.29 is 14.7 Å². The normalized spacial score (nSPS) is 31.1. The quantitative estimate of drug-likeness (QED) is 0.533. The Hall–Kier alpha value is -1.06. The summed E-state index contributed by atoms with van der Waals surface area (Å²) in [5.74, 6) is -0.0869. The summed E-state index contributed by atoms with van der Waals surface area (Å²) in [5.41, 5.74) is 0. The van der Waals surface area contributed by atoms with Crippen LogP contribution in [0.2, 0.25) is 0 Å². The highest BCUT2D eigenvalue weighted by molar-refractivity contribution is 5.70. The van der Waals surface area contributed by atoms with Gasteiger partial charge in [0.25, 0.3) is 0 Å². The standard InChI is InChI=1S/C6H9NO3/c1-4-5(3-8)2-7(4)6(9)10/h3-5H,2H2,1H3,(H,9,10)/t4-,5-/m0/s1. The second-order valence-electron chi connectivity index (χ2n) is 2.48. The molecule has 0 unspecified atom stereocenters. The highest BCUT2D eigenvalue weighted by atomic mass is 16.4. The van der Waals surface area contributed by atoms with Gasteiger partial charge in [-0.3, -0.25) is 0 Å². The summed E-state index contributed by atoms with van der Waals surface area (Å²) in [6, 6.07) is -0.130. The fourth-order valence-electron chi connectivity index (χ4n) is 1.05. The summed E-state index contributed by atoms with van der Waals surface area (Å²) < 4.78 is 0. The summed E-state index contributed by atoms with van der Waals surface area (Å²) in [7, 11) is 0. The van der Waals surface area contributed by atoms with E-state index in [0.29, 0.717) is 6.54 Å². The van der Waals surface area contributed by atoms with Gasteiger partial charge in [-0.2, -0.15) is 0 Å². The number of nitrogens with zero attached hydrogens (tertiary/aromatic N) is 1. The van der Waals surface area contributed by atoms with Crippen molar-refractivity contribution in [1.82, 2.24) is 4.90 Å². The molecule has 0 aromatic carbocycles. The minimum absolute atomic E-state index is 0.0869. The average Bonchev–Trinajstić information content (AvgIpc) is 1.85. The molecule has 0 aromatic rings. The minimum Gasteiger partial charge on any atom is -0.465 e. The number of carboxylic acid groups (broad SMARTS) is 1. The van der Waals surface area contributed by atoms with Crippen molar-refractivity contribution >= 4 is 12.4 Å². The lowest BCUT2D eigenvalue weighted by Gasteiger charge is -2.41. The summed E-state index contributed by atoms with van der Waals surface area (Å²) >= 11 is 0. The number of hydrogen-bond donors (Lipinski definition) is 1. The zero-order valence-corrected chi connectivity index (χ0v) is 5.65. The molecule has 10 heavy (non-hydrogen) atoms. The third kappa shape index (κ3) is 0.853. The molecule has 1 fully saturated rings. The Balaban J connectivity index is 2.46. The Labute approximate surface area is 58.4 Å². The number of rotatable bonds is 1. The van der Waals surface area contributed by atoms with Crippen molar-refractivity contribution in [2.24, 2.45) is 5.92 Å². The molecule has 0 saturated carbocycles. The number of amides is 1. The molecule has 0 radical (unpaired) electrons. The van der Waals surface area contributed by atoms with Gasteiger partial charge in [0.15, 0.2) is 0 Å². The van der Waals surface area contributed by atoms with Gasteiger partial charge < -0.3 is 14.8 Å². The Kier molecular flexibility index (Phi) is 1.61. The Morgan fingerprint density at radius 3 is 2.70 bits per heavy atom. The van der Waals surface area contributed by atoms with E-state index in [-0.39, 0.29) is 12.0 Å². The van der Waals surface area contributed by atoms with Gasteiger partial charge in [0, 0.05) is 12.6 Å². The molecule has 1 rings (SSSR count). The topological polar surface area (TPSA) is 57.6 Å². The van der Waals surface area contributed by atoms with Crippen LogP contribution in [0.5, 0.6) is 0 Å². The van der Waals surface area contributed by atoms with Gasteiger partial charge >= 0.3 is 6.09 Å². The first-order valence-electron chi connectivity index (χ1n) is 3.11. The van der Waals surface area contributed by atoms with Crippen LogP contribution in [0.15, 0.2) is 0 Å². The average molecular weight is 143 g/mol. The van der Waals surface area contributed by atoms with E-state index in [1.54, 1.807) is 6.92 Å². The molecule has 2 atom stereocenters. The van der Waals surface area contributed by atoms with Crippen molar-refractivity contribution in [3.05, 3.63) is 0 Å². The first-order chi connectivity index (χ1) is 4.66. The molecule has 1 amide bonds. The molecular formula is C6H9NO3. The van der Waals surface area contributed by atoms with E-state index < -0.39 is 6.09 Å². The lowest BCUT2D eigenvalue weighted by Crippen LogP contribution is -2.57. The van der Waals surface area contributed by atoms with Crippen molar-refractivity contribution in [1.29, 1.82) is 0 Å². The highest BCUT2D eigenvalue weighted by Crippen LogP contribution is 2.21. The van der Waals surface area contributed by atoms with Gasteiger partial charge in [-0.15, -0.1) is 0 Å². The SMILES string of the molecule is C[C@H]1[C@H](C=O)CN1C(=O)O. The minimum atomic E-state index is -0.939. The van der Waals surface area contributed by atoms with Gasteiger partial charge in [-0.25, -0.2) is 4.79 Å². The number of hydrogen-bond acceptors (Lipinski definition) is 2. The van der Waals surface area contributed by atoms with Crippen LogP contribution in [0.1, 0.15) is 6.92 Å². The van der Waals surface area contributed by atoms with Crippen LogP contribution in [0.3, 0.4) is 0 Å². The van der Waals surface area contributed by atoms with E-state index in [1.807, 2.05) is 0 Å². The molecule has 1 aliphatic heterocycles. The Morgan fingerprint density at radius 2 is 2.40 bits per heavy atom. The van der Waals surface area contributed by atoms with Crippen LogP contribution in [0.4, 0.5) is 4.79 Å². The third-order valence-corrected chi connectivity index (χ3v) is 1.94. The summed E-state index contributed by atoms with van der Waals surface area (Å²) in [5, 5.41) is 8.43. The zero-order valence-electron chi connectivity index (χ0n) is 5.65. The van der Waals surface area contributed by atoms with Gasteiger partial charge in [0.2, 0.25) is 0 Å². The van der Waals surface area contributed by atoms with Crippen LogP contribution in [0, 0.1) is 5.92 Å². The van der Waals surface area contributed by atoms with Crippen LogP contribution in [-0.2, 0) is 4.79 Å². The fourth-order valence-corrected chi connectivity index (χ4v) is 1.05. The fraction of sp³-hybridized carbons (Fsp3) is 0.667. The number of carbonyl (C=O) groups excluding carboxylic acids is 1. The predicted molar refractivity (Wildman–Crippen MR) is 33.7 cm³/mol. The molecule has 4 heteroatoms. The van der Waals surface area contributed by atoms with Gasteiger partial charge in [-0.1, -0.05) is 0 Å². The molecule has 1 heterocycles. The first-order valence-corrected chi connectivity index (χ1v) is 3.11. The summed E-state index contributed by atoms with van der Waals surface area (Å²) in [6.07, 6.45) is -0.130. The van der Waals surface area contributed by atoms with Crippen molar-refractivity contribution in [2.75, 3.05) is 6.54 Å². The molecular weight excluding hydrogens is 134 g/mol. The predicted octanol–water partition coefficient (Wildman–Crippen LogP) is 0.184. The monoisotopic (exact) mass is 143 g/mol. The molecule has 1 aliphatic rings. The van der Waals surface area contributed by atoms with E-state index >= 15 is 0 Å². The van der Waals surface area contributed by atoms with E-state index in [1.165, 1.54) is 4.90 Å². The Bertz CT molecular complexity index is 168. The molecule has 0 spiro atoms. The first kappa shape index (κ1) is 7.05. The largest absolute Gasteiger partial charge is 0.465 e. The van der Waals surface area contributed by atoms with Crippen molar-refractivity contribution in [3.8, 4) is 0 Å². The highest BCUT2D eigenvalue weighted by Gasteiger charge is 2.38. The van der Waals surface area contributed by atoms with Crippen LogP contribution >= 0.6 is 0 Å². The maximum atomic E-state index is 10.3. The molecule has 1 saturated heterocycles. The molecule has 4 nitrogen and oxygen atoms in total. The molecule has 0 bridgehead atoms. The lowest BCUT2D eigenvalue weighted by molar-refractivity contribution is -0.117. The van der Waals surface area contributed by atoms with Crippen LogP contribution in [0.25, 0.3) is 0 Å². The number of aldehydes is 1. The molecule has 0 aliphatic carbocycles. The van der Waals surface area contributed by atoms with Crippen molar-refractivity contribution in [3.63, 3.8) is 0 Å². The van der Waals surface area contributed by atoms with E-state index in [9.17, 15) is 9.59 Å². The maximum absolute atomic E-state index is 10.3. The number of carbonyl (C=O) groups is 2. The maximum Gasteiger partial charge on any atom is 0.407 e. The van der Waals surface area contributed by atoms with E-state index in [2.05, 4.69) is 0 Å². The summed E-state index contributed by atoms with van der Waals surface area (Å²) in [4.78, 5) is 21.7. The van der Waals surface area contributed by atoms with Crippen LogP contribution < -0.4 is 0 Å². The van der Waals surface area contributed by atoms with Gasteiger partial charge in [0.05, 0.1) is 5.92 Å². The van der Waals surface area contributed by atoms with Gasteiger partial charge in [-0.05, 0) is 6.92 Å². The second kappa shape index (κ2) is 2.28. The van der Waals surface area contributed by atoms with E-state index in [4.69, 9.17) is 5.11 Å². The third-order valence-electron chi connectivity index (χ3n) is 1.94. The van der Waals surface area contributed by atoms with Crippen molar-refractivity contribution in [2.45, 2.75) is 13.0 Å². The summed E-state index contributed by atoms with van der Waals surface area (Å²) in [6.45, 7) is 2.09.